The summed E-state index contributed by atoms with van der Waals surface area (Å²) in [6, 6.07) is 0. The number of carboxylic acids is 1. The first-order chi connectivity index (χ1) is 6.31. The number of ether oxygens (including phenoxy) is 1. The molecule has 1 unspecified atom stereocenters. The summed E-state index contributed by atoms with van der Waals surface area (Å²) in [6.07, 6.45) is 1.42. The number of hydrogen-bond donors (Lipinski definition) is 1. The number of carboxylic acid groups (broad SMARTS) is 1. The lowest BCUT2D eigenvalue weighted by Crippen LogP contribution is -2.38. The van der Waals surface area contributed by atoms with Gasteiger partial charge in [0.15, 0.2) is 6.10 Å². The zero-order chi connectivity index (χ0) is 11.4. The third-order valence-corrected chi connectivity index (χ3v) is 2.74. The molecular weight excluding hydrogens is 180 g/mol. The van der Waals surface area contributed by atoms with Gasteiger partial charge in [-0.1, -0.05) is 20.3 Å². The van der Waals surface area contributed by atoms with E-state index in [0.29, 0.717) is 5.92 Å². The SMILES string of the molecule is CCCC(C)C(C)(C)O[C@@H](C)C(=O)O. The first-order valence-corrected chi connectivity index (χ1v) is 5.21. The maximum Gasteiger partial charge on any atom is 0.332 e. The van der Waals surface area contributed by atoms with Crippen molar-refractivity contribution in [3.63, 3.8) is 0 Å². The largest absolute Gasteiger partial charge is 0.479 e. The van der Waals surface area contributed by atoms with Gasteiger partial charge in [0, 0.05) is 0 Å². The standard InChI is InChI=1S/C11H22O3/c1-6-7-8(2)11(4,5)14-9(3)10(12)13/h8-9H,6-7H2,1-5H3,(H,12,13)/t8?,9-/m0/s1. The number of aliphatic carboxylic acids is 1. The Bertz CT molecular complexity index is 187. The number of carbonyl (C=O) groups is 1. The van der Waals surface area contributed by atoms with E-state index >= 15 is 0 Å². The first kappa shape index (κ1) is 13.4. The van der Waals surface area contributed by atoms with Crippen molar-refractivity contribution in [2.75, 3.05) is 0 Å². The highest BCUT2D eigenvalue weighted by atomic mass is 16.5. The Morgan fingerprint density at radius 3 is 2.29 bits per heavy atom. The molecule has 0 saturated heterocycles. The van der Waals surface area contributed by atoms with E-state index < -0.39 is 12.1 Å². The van der Waals surface area contributed by atoms with Gasteiger partial charge in [-0.25, -0.2) is 4.79 Å². The van der Waals surface area contributed by atoms with Crippen LogP contribution in [0.4, 0.5) is 0 Å². The zero-order valence-corrected chi connectivity index (χ0v) is 9.83. The second kappa shape index (κ2) is 5.35. The third kappa shape index (κ3) is 4.09. The van der Waals surface area contributed by atoms with Gasteiger partial charge in [-0.2, -0.15) is 0 Å². The Hall–Kier alpha value is -0.570. The quantitative estimate of drug-likeness (QED) is 0.720. The summed E-state index contributed by atoms with van der Waals surface area (Å²) in [5, 5.41) is 8.73. The predicted molar refractivity (Wildman–Crippen MR) is 56.3 cm³/mol. The fourth-order valence-electron chi connectivity index (χ4n) is 1.40. The van der Waals surface area contributed by atoms with Crippen molar-refractivity contribution in [1.29, 1.82) is 0 Å². The second-order valence-corrected chi connectivity index (χ2v) is 4.39. The van der Waals surface area contributed by atoms with Gasteiger partial charge >= 0.3 is 5.97 Å². The summed E-state index contributed by atoms with van der Waals surface area (Å²) in [5.74, 6) is -0.531. The average molecular weight is 202 g/mol. The van der Waals surface area contributed by atoms with Gasteiger partial charge in [-0.15, -0.1) is 0 Å². The second-order valence-electron chi connectivity index (χ2n) is 4.39. The van der Waals surface area contributed by atoms with Crippen molar-refractivity contribution in [2.45, 2.75) is 59.2 Å². The highest BCUT2D eigenvalue weighted by Gasteiger charge is 2.30. The first-order valence-electron chi connectivity index (χ1n) is 5.21. The van der Waals surface area contributed by atoms with Crippen molar-refractivity contribution in [3.05, 3.63) is 0 Å². The molecule has 0 radical (unpaired) electrons. The van der Waals surface area contributed by atoms with Crippen LogP contribution in [0.25, 0.3) is 0 Å². The molecule has 0 aromatic carbocycles. The molecule has 14 heavy (non-hydrogen) atoms. The van der Waals surface area contributed by atoms with E-state index in [2.05, 4.69) is 13.8 Å². The molecule has 0 rings (SSSR count). The van der Waals surface area contributed by atoms with Crippen LogP contribution in [-0.2, 0) is 9.53 Å². The Kier molecular flexibility index (Phi) is 5.13. The van der Waals surface area contributed by atoms with Crippen LogP contribution < -0.4 is 0 Å². The maximum atomic E-state index is 10.6. The monoisotopic (exact) mass is 202 g/mol. The molecule has 0 aromatic heterocycles. The maximum absolute atomic E-state index is 10.6. The van der Waals surface area contributed by atoms with Crippen LogP contribution in [0.15, 0.2) is 0 Å². The van der Waals surface area contributed by atoms with Crippen molar-refractivity contribution >= 4 is 5.97 Å². The third-order valence-electron chi connectivity index (χ3n) is 2.74. The number of hydrogen-bond acceptors (Lipinski definition) is 2. The minimum Gasteiger partial charge on any atom is -0.479 e. The van der Waals surface area contributed by atoms with E-state index in [9.17, 15) is 4.79 Å². The van der Waals surface area contributed by atoms with Gasteiger partial charge in [-0.05, 0) is 33.1 Å². The normalized spacial score (nSPS) is 16.4. The lowest BCUT2D eigenvalue weighted by molar-refractivity contribution is -0.164. The van der Waals surface area contributed by atoms with Crippen LogP contribution >= 0.6 is 0 Å². The Balaban J connectivity index is 4.24. The Morgan fingerprint density at radius 1 is 1.43 bits per heavy atom. The highest BCUT2D eigenvalue weighted by Crippen LogP contribution is 2.26. The van der Waals surface area contributed by atoms with E-state index in [1.54, 1.807) is 6.92 Å². The van der Waals surface area contributed by atoms with E-state index in [0.717, 1.165) is 12.8 Å². The van der Waals surface area contributed by atoms with Crippen LogP contribution in [0.5, 0.6) is 0 Å². The van der Waals surface area contributed by atoms with Crippen LogP contribution in [0, 0.1) is 5.92 Å². The molecule has 0 aromatic rings. The Morgan fingerprint density at radius 2 is 1.93 bits per heavy atom. The lowest BCUT2D eigenvalue weighted by atomic mass is 9.88. The zero-order valence-electron chi connectivity index (χ0n) is 9.83. The summed E-state index contributed by atoms with van der Waals surface area (Å²) >= 11 is 0. The predicted octanol–water partition coefficient (Wildman–Crippen LogP) is 2.69. The molecule has 0 bridgehead atoms. The molecule has 3 heteroatoms. The van der Waals surface area contributed by atoms with E-state index in [-0.39, 0.29) is 5.60 Å². The van der Waals surface area contributed by atoms with Crippen LogP contribution in [0.3, 0.4) is 0 Å². The molecule has 3 nitrogen and oxygen atoms in total. The molecule has 0 fully saturated rings. The molecular formula is C11H22O3. The smallest absolute Gasteiger partial charge is 0.332 e. The molecule has 0 heterocycles. The summed E-state index contributed by atoms with van der Waals surface area (Å²) in [4.78, 5) is 10.6. The fourth-order valence-corrected chi connectivity index (χ4v) is 1.40. The molecule has 0 saturated carbocycles. The minimum absolute atomic E-state index is 0.367. The topological polar surface area (TPSA) is 46.5 Å². The summed E-state index contributed by atoms with van der Waals surface area (Å²) in [7, 11) is 0. The van der Waals surface area contributed by atoms with Gasteiger partial charge in [0.25, 0.3) is 0 Å². The molecule has 0 amide bonds. The highest BCUT2D eigenvalue weighted by molar-refractivity contribution is 5.71. The van der Waals surface area contributed by atoms with E-state index in [1.165, 1.54) is 0 Å². The lowest BCUT2D eigenvalue weighted by Gasteiger charge is -2.33. The van der Waals surface area contributed by atoms with Gasteiger partial charge < -0.3 is 9.84 Å². The summed E-state index contributed by atoms with van der Waals surface area (Å²) < 4.78 is 5.51. The molecule has 0 spiro atoms. The summed E-state index contributed by atoms with van der Waals surface area (Å²) in [6.45, 7) is 9.69. The van der Waals surface area contributed by atoms with Crippen LogP contribution in [0.1, 0.15) is 47.5 Å². The van der Waals surface area contributed by atoms with Gasteiger partial charge in [0.2, 0.25) is 0 Å². The van der Waals surface area contributed by atoms with Crippen molar-refractivity contribution in [2.24, 2.45) is 5.92 Å². The van der Waals surface area contributed by atoms with Gasteiger partial charge in [0.1, 0.15) is 0 Å². The van der Waals surface area contributed by atoms with E-state index in [1.807, 2.05) is 13.8 Å². The summed E-state index contributed by atoms with van der Waals surface area (Å²) in [5.41, 5.74) is -0.367. The minimum atomic E-state index is -0.901. The molecule has 0 aliphatic heterocycles. The molecule has 0 aliphatic rings. The molecule has 1 N–H and O–H groups in total. The van der Waals surface area contributed by atoms with E-state index in [4.69, 9.17) is 9.84 Å². The Labute approximate surface area is 86.5 Å². The van der Waals surface area contributed by atoms with Gasteiger partial charge in [-0.3, -0.25) is 0 Å². The molecule has 2 atom stereocenters. The van der Waals surface area contributed by atoms with Gasteiger partial charge in [0.05, 0.1) is 5.60 Å². The number of rotatable bonds is 6. The van der Waals surface area contributed by atoms with Crippen molar-refractivity contribution < 1.29 is 14.6 Å². The molecule has 84 valence electrons. The van der Waals surface area contributed by atoms with Crippen molar-refractivity contribution in [1.82, 2.24) is 0 Å². The average Bonchev–Trinajstić information content (AvgIpc) is 2.03. The molecule has 0 aliphatic carbocycles. The van der Waals surface area contributed by atoms with Crippen LogP contribution in [-0.4, -0.2) is 22.8 Å². The fraction of sp³-hybridized carbons (Fsp3) is 0.909. The van der Waals surface area contributed by atoms with Crippen LogP contribution in [0.2, 0.25) is 0 Å². The van der Waals surface area contributed by atoms with Crippen molar-refractivity contribution in [3.8, 4) is 0 Å².